The van der Waals surface area contributed by atoms with Crippen LogP contribution in [0, 0.1) is 24.0 Å². The summed E-state index contributed by atoms with van der Waals surface area (Å²) in [6, 6.07) is 9.24. The van der Waals surface area contributed by atoms with Gasteiger partial charge in [0.05, 0.1) is 16.1 Å². The van der Waals surface area contributed by atoms with Crippen LogP contribution in [-0.2, 0) is 17.8 Å². The highest BCUT2D eigenvalue weighted by Gasteiger charge is 2.45. The number of hydrogen-bond donors (Lipinski definition) is 3. The Morgan fingerprint density at radius 3 is 2.79 bits per heavy atom. The Morgan fingerprint density at radius 1 is 1.32 bits per heavy atom. The summed E-state index contributed by atoms with van der Waals surface area (Å²) in [5, 5.41) is 20.1. The van der Waals surface area contributed by atoms with E-state index in [4.69, 9.17) is 11.6 Å². The van der Waals surface area contributed by atoms with Gasteiger partial charge in [0.25, 0.3) is 0 Å². The van der Waals surface area contributed by atoms with Gasteiger partial charge < -0.3 is 10.4 Å². The van der Waals surface area contributed by atoms with Crippen molar-refractivity contribution in [2.45, 2.75) is 45.7 Å². The molecule has 2 aromatic heterocycles. The second kappa shape index (κ2) is 9.68. The maximum atomic E-state index is 14.7. The number of aromatic amines is 1. The second-order valence-corrected chi connectivity index (χ2v) is 9.34. The molecule has 0 radical (unpaired) electrons. The average Bonchev–Trinajstić information content (AvgIpc) is 3.20. The Morgan fingerprint density at radius 2 is 2.12 bits per heavy atom. The zero-order valence-electron chi connectivity index (χ0n) is 18.9. The average molecular weight is 490 g/mol. The third kappa shape index (κ3) is 5.05. The highest BCUT2D eigenvalue weighted by atomic mass is 35.5. The minimum Gasteiger partial charge on any atom is -0.481 e. The minimum atomic E-state index is -1.18. The molecule has 180 valence electrons. The fourth-order valence-electron chi connectivity index (χ4n) is 4.54. The molecule has 4 rings (SSSR count). The van der Waals surface area contributed by atoms with E-state index in [0.717, 1.165) is 5.69 Å². The number of aryl methyl sites for hydroxylation is 1. The third-order valence-corrected chi connectivity index (χ3v) is 6.72. The van der Waals surface area contributed by atoms with E-state index in [-0.39, 0.29) is 36.0 Å². The summed E-state index contributed by atoms with van der Waals surface area (Å²) in [5.41, 5.74) is 0.217. The van der Waals surface area contributed by atoms with E-state index in [1.54, 1.807) is 18.2 Å². The van der Waals surface area contributed by atoms with E-state index in [2.05, 4.69) is 20.5 Å². The molecule has 0 aliphatic carbocycles. The van der Waals surface area contributed by atoms with Crippen LogP contribution in [0.15, 0.2) is 36.4 Å². The van der Waals surface area contributed by atoms with E-state index in [1.807, 2.05) is 18.7 Å². The predicted octanol–water partition coefficient (Wildman–Crippen LogP) is 5.09. The largest absolute Gasteiger partial charge is 0.481 e. The fourth-order valence-corrected chi connectivity index (χ4v) is 4.74. The van der Waals surface area contributed by atoms with Crippen LogP contribution in [0.4, 0.5) is 20.4 Å². The molecule has 1 saturated heterocycles. The Hall–Kier alpha value is -3.04. The molecule has 3 aromatic rings. The van der Waals surface area contributed by atoms with E-state index < -0.39 is 23.0 Å². The van der Waals surface area contributed by atoms with Crippen LogP contribution >= 0.6 is 11.6 Å². The topological polar surface area (TPSA) is 94.1 Å². The first-order chi connectivity index (χ1) is 16.2. The number of aliphatic carboxylic acids is 1. The van der Waals surface area contributed by atoms with Gasteiger partial charge in [-0.05, 0) is 51.4 Å². The van der Waals surface area contributed by atoms with Crippen molar-refractivity contribution in [2.75, 3.05) is 11.9 Å². The van der Waals surface area contributed by atoms with Gasteiger partial charge in [-0.3, -0.25) is 14.8 Å². The van der Waals surface area contributed by atoms with Crippen molar-refractivity contribution in [3.63, 3.8) is 0 Å². The molecule has 1 fully saturated rings. The number of piperidine rings is 1. The zero-order chi connectivity index (χ0) is 24.5. The summed E-state index contributed by atoms with van der Waals surface area (Å²) in [6.45, 7) is 4.50. The first-order valence-electron chi connectivity index (χ1n) is 11.0. The Labute approximate surface area is 201 Å². The Balaban J connectivity index is 1.52. The van der Waals surface area contributed by atoms with Gasteiger partial charge >= 0.3 is 5.97 Å². The zero-order valence-corrected chi connectivity index (χ0v) is 19.7. The van der Waals surface area contributed by atoms with E-state index >= 15 is 0 Å². The summed E-state index contributed by atoms with van der Waals surface area (Å²) < 4.78 is 29.1. The minimum absolute atomic E-state index is 0.0486. The number of rotatable bonds is 7. The van der Waals surface area contributed by atoms with Crippen LogP contribution < -0.4 is 5.32 Å². The number of H-pyrrole nitrogens is 1. The highest BCUT2D eigenvalue weighted by Crippen LogP contribution is 2.39. The molecule has 10 heteroatoms. The van der Waals surface area contributed by atoms with Crippen molar-refractivity contribution in [3.05, 3.63) is 70.0 Å². The van der Waals surface area contributed by atoms with Crippen LogP contribution in [0.25, 0.3) is 0 Å². The van der Waals surface area contributed by atoms with Gasteiger partial charge in [-0.15, -0.1) is 0 Å². The summed E-state index contributed by atoms with van der Waals surface area (Å²) in [7, 11) is 0. The number of halogens is 3. The normalized spacial score (nSPS) is 20.9. The molecule has 3 heterocycles. The number of likely N-dealkylation sites (tertiary alicyclic amines) is 1. The maximum Gasteiger partial charge on any atom is 0.310 e. The molecular formula is C24H26ClF2N5O2. The van der Waals surface area contributed by atoms with Gasteiger partial charge in [0, 0.05) is 36.3 Å². The van der Waals surface area contributed by atoms with Gasteiger partial charge in [-0.2, -0.15) is 5.10 Å². The number of nitrogens with one attached hydrogen (secondary N) is 2. The first kappa shape index (κ1) is 24.1. The molecule has 1 aliphatic heterocycles. The van der Waals surface area contributed by atoms with Gasteiger partial charge in [0.15, 0.2) is 5.82 Å². The number of pyridine rings is 1. The van der Waals surface area contributed by atoms with Crippen molar-refractivity contribution in [1.82, 2.24) is 20.1 Å². The molecule has 7 nitrogen and oxygen atoms in total. The number of hydrogen-bond acceptors (Lipinski definition) is 5. The molecule has 2 atom stereocenters. The Bertz CT molecular complexity index is 1200. The van der Waals surface area contributed by atoms with Gasteiger partial charge in [-0.25, -0.2) is 13.8 Å². The van der Waals surface area contributed by atoms with Crippen molar-refractivity contribution >= 4 is 29.2 Å². The standard InChI is InChI=1S/C24H26ClF2N5O2/c1-14-10-21(31-30-14)29-20-7-6-18(26)19(28-20)12-24(23(33)34)8-9-32(15(2)11-24)13-16-4-3-5-17(25)22(16)27/h3-7,10,15H,8-9,11-13H2,1-2H3,(H,33,34)(H2,28,29,30,31)/t15-,24+/m0/s1. The molecule has 1 aromatic carbocycles. The molecule has 0 unspecified atom stereocenters. The van der Waals surface area contributed by atoms with E-state index in [9.17, 15) is 18.7 Å². The number of aromatic nitrogens is 3. The van der Waals surface area contributed by atoms with Gasteiger partial charge in [0.2, 0.25) is 0 Å². The van der Waals surface area contributed by atoms with Crippen LogP contribution in [0.3, 0.4) is 0 Å². The predicted molar refractivity (Wildman–Crippen MR) is 125 cm³/mol. The lowest BCUT2D eigenvalue weighted by Crippen LogP contribution is -2.50. The van der Waals surface area contributed by atoms with E-state index in [1.165, 1.54) is 18.2 Å². The molecule has 3 N–H and O–H groups in total. The van der Waals surface area contributed by atoms with Crippen molar-refractivity contribution in [1.29, 1.82) is 0 Å². The fraction of sp³-hybridized carbons (Fsp3) is 0.375. The number of carboxylic acids is 1. The molecular weight excluding hydrogens is 464 g/mol. The number of nitrogens with zero attached hydrogens (tertiary/aromatic N) is 3. The van der Waals surface area contributed by atoms with Crippen LogP contribution in [0.2, 0.25) is 5.02 Å². The maximum absolute atomic E-state index is 14.7. The van der Waals surface area contributed by atoms with E-state index in [0.29, 0.717) is 30.3 Å². The summed E-state index contributed by atoms with van der Waals surface area (Å²) >= 11 is 5.90. The number of carbonyl (C=O) groups is 1. The highest BCUT2D eigenvalue weighted by molar-refractivity contribution is 6.30. The number of carboxylic acid groups (broad SMARTS) is 1. The van der Waals surface area contributed by atoms with Gasteiger partial charge in [-0.1, -0.05) is 23.7 Å². The van der Waals surface area contributed by atoms with Crippen LogP contribution in [0.5, 0.6) is 0 Å². The summed E-state index contributed by atoms with van der Waals surface area (Å²) in [6.07, 6.45) is 0.515. The van der Waals surface area contributed by atoms with Crippen LogP contribution in [0.1, 0.15) is 36.7 Å². The van der Waals surface area contributed by atoms with Crippen molar-refractivity contribution < 1.29 is 18.7 Å². The second-order valence-electron chi connectivity index (χ2n) is 8.94. The molecule has 0 spiro atoms. The van der Waals surface area contributed by atoms with Crippen molar-refractivity contribution in [3.8, 4) is 0 Å². The SMILES string of the molecule is Cc1cc(Nc2ccc(F)c(C[C@@]3(C(=O)O)CCN(Cc4cccc(Cl)c4F)[C@@H](C)C3)n2)n[nH]1. The summed E-state index contributed by atoms with van der Waals surface area (Å²) in [5.74, 6) is -1.10. The van der Waals surface area contributed by atoms with Crippen molar-refractivity contribution in [2.24, 2.45) is 5.41 Å². The van der Waals surface area contributed by atoms with Crippen LogP contribution in [-0.4, -0.2) is 43.7 Å². The lowest BCUT2D eigenvalue weighted by molar-refractivity contribution is -0.153. The number of anilines is 2. The monoisotopic (exact) mass is 489 g/mol. The quantitative estimate of drug-likeness (QED) is 0.428. The lowest BCUT2D eigenvalue weighted by atomic mass is 9.72. The molecule has 0 saturated carbocycles. The third-order valence-electron chi connectivity index (χ3n) is 6.43. The lowest BCUT2D eigenvalue weighted by Gasteiger charge is -2.43. The number of benzene rings is 1. The first-order valence-corrected chi connectivity index (χ1v) is 11.4. The Kier molecular flexibility index (Phi) is 6.86. The van der Waals surface area contributed by atoms with Gasteiger partial charge in [0.1, 0.15) is 17.5 Å². The molecule has 0 amide bonds. The summed E-state index contributed by atoms with van der Waals surface area (Å²) in [4.78, 5) is 18.8. The molecule has 0 bridgehead atoms. The smallest absolute Gasteiger partial charge is 0.310 e. The molecule has 34 heavy (non-hydrogen) atoms. The molecule has 1 aliphatic rings.